The minimum atomic E-state index is -0.629. The molecule has 1 rings (SSSR count). The number of amides is 1. The quantitative estimate of drug-likeness (QED) is 0.553. The molecule has 6 nitrogen and oxygen atoms in total. The van der Waals surface area contributed by atoms with E-state index in [4.69, 9.17) is 0 Å². The van der Waals surface area contributed by atoms with Crippen LogP contribution in [0.25, 0.3) is 0 Å². The fourth-order valence-corrected chi connectivity index (χ4v) is 1.50. The lowest BCUT2D eigenvalue weighted by molar-refractivity contribution is -0.142. The summed E-state index contributed by atoms with van der Waals surface area (Å²) in [5, 5.41) is 2.37. The summed E-state index contributed by atoms with van der Waals surface area (Å²) < 4.78 is 9.11. The highest BCUT2D eigenvalue weighted by Crippen LogP contribution is 2.41. The van der Waals surface area contributed by atoms with Crippen molar-refractivity contribution in [2.75, 3.05) is 14.2 Å². The molecule has 0 saturated heterocycles. The SMILES string of the molecule is COC(=O)/C(=C/[C@H]1C[C@H]1C(=O)OC)NC(C)=O. The zero-order chi connectivity index (χ0) is 13.0. The summed E-state index contributed by atoms with van der Waals surface area (Å²) in [5.74, 6) is -1.61. The molecule has 0 unspecified atom stereocenters. The Balaban J connectivity index is 2.69. The van der Waals surface area contributed by atoms with E-state index in [0.717, 1.165) is 0 Å². The zero-order valence-electron chi connectivity index (χ0n) is 9.98. The number of ether oxygens (including phenoxy) is 2. The Morgan fingerprint density at radius 1 is 1.24 bits per heavy atom. The minimum Gasteiger partial charge on any atom is -0.469 e. The maximum Gasteiger partial charge on any atom is 0.354 e. The van der Waals surface area contributed by atoms with Crippen molar-refractivity contribution in [1.82, 2.24) is 5.32 Å². The molecule has 0 aromatic carbocycles. The van der Waals surface area contributed by atoms with Gasteiger partial charge in [0.25, 0.3) is 0 Å². The number of rotatable bonds is 4. The first-order chi connectivity index (χ1) is 7.99. The lowest BCUT2D eigenvalue weighted by Crippen LogP contribution is -2.26. The molecule has 6 heteroatoms. The molecular weight excluding hydrogens is 226 g/mol. The number of hydrogen-bond donors (Lipinski definition) is 1. The first-order valence-corrected chi connectivity index (χ1v) is 5.15. The number of nitrogens with one attached hydrogen (secondary N) is 1. The van der Waals surface area contributed by atoms with Gasteiger partial charge in [-0.3, -0.25) is 9.59 Å². The molecular formula is C11H15NO5. The monoisotopic (exact) mass is 241 g/mol. The fraction of sp³-hybridized carbons (Fsp3) is 0.545. The topological polar surface area (TPSA) is 81.7 Å². The molecule has 1 fully saturated rings. The summed E-state index contributed by atoms with van der Waals surface area (Å²) in [4.78, 5) is 33.4. The first kappa shape index (κ1) is 13.2. The van der Waals surface area contributed by atoms with Crippen molar-refractivity contribution < 1.29 is 23.9 Å². The molecule has 0 aliphatic heterocycles. The van der Waals surface area contributed by atoms with Gasteiger partial charge in [0.05, 0.1) is 20.1 Å². The molecule has 2 atom stereocenters. The van der Waals surface area contributed by atoms with Crippen molar-refractivity contribution in [3.8, 4) is 0 Å². The van der Waals surface area contributed by atoms with Crippen LogP contribution in [-0.4, -0.2) is 32.1 Å². The molecule has 0 spiro atoms. The number of carbonyl (C=O) groups excluding carboxylic acids is 3. The van der Waals surface area contributed by atoms with Gasteiger partial charge < -0.3 is 14.8 Å². The van der Waals surface area contributed by atoms with Gasteiger partial charge in [-0.1, -0.05) is 0 Å². The van der Waals surface area contributed by atoms with Gasteiger partial charge in [-0.2, -0.15) is 0 Å². The molecule has 0 radical (unpaired) electrons. The Hall–Kier alpha value is -1.85. The summed E-state index contributed by atoms with van der Waals surface area (Å²) in [6.45, 7) is 1.29. The second kappa shape index (κ2) is 5.47. The average Bonchev–Trinajstić information content (AvgIpc) is 3.04. The molecule has 1 aliphatic rings. The molecule has 94 valence electrons. The Bertz CT molecular complexity index is 374. The average molecular weight is 241 g/mol. The van der Waals surface area contributed by atoms with Crippen molar-refractivity contribution >= 4 is 17.8 Å². The van der Waals surface area contributed by atoms with Gasteiger partial charge in [-0.15, -0.1) is 0 Å². The van der Waals surface area contributed by atoms with E-state index in [1.165, 1.54) is 27.2 Å². The van der Waals surface area contributed by atoms with Crippen molar-refractivity contribution in [3.63, 3.8) is 0 Å². The van der Waals surface area contributed by atoms with E-state index < -0.39 is 5.97 Å². The third-order valence-corrected chi connectivity index (χ3v) is 2.44. The van der Waals surface area contributed by atoms with Crippen LogP contribution < -0.4 is 5.32 Å². The standard InChI is InChI=1S/C11H15NO5/c1-6(13)12-9(11(15)17-3)5-7-4-8(7)10(14)16-2/h5,7-8H,4H2,1-3H3,(H,12,13)/b9-5-/t7-,8-/m1/s1. The van der Waals surface area contributed by atoms with E-state index in [1.807, 2.05) is 0 Å². The molecule has 0 aromatic rings. The van der Waals surface area contributed by atoms with E-state index >= 15 is 0 Å². The second-order valence-corrected chi connectivity index (χ2v) is 3.78. The second-order valence-electron chi connectivity index (χ2n) is 3.78. The molecule has 1 aliphatic carbocycles. The third-order valence-electron chi connectivity index (χ3n) is 2.44. The molecule has 0 bridgehead atoms. The molecule has 0 aromatic heterocycles. The van der Waals surface area contributed by atoms with Gasteiger partial charge in [0.1, 0.15) is 5.70 Å². The van der Waals surface area contributed by atoms with Gasteiger partial charge in [-0.25, -0.2) is 4.79 Å². The summed E-state index contributed by atoms with van der Waals surface area (Å²) in [5.41, 5.74) is 0.0661. The van der Waals surface area contributed by atoms with E-state index in [2.05, 4.69) is 14.8 Å². The maximum absolute atomic E-state index is 11.3. The van der Waals surface area contributed by atoms with E-state index in [-0.39, 0.29) is 29.4 Å². The smallest absolute Gasteiger partial charge is 0.354 e. The fourth-order valence-electron chi connectivity index (χ4n) is 1.50. The van der Waals surface area contributed by atoms with Crippen LogP contribution >= 0.6 is 0 Å². The molecule has 1 amide bonds. The number of hydrogen-bond acceptors (Lipinski definition) is 5. The van der Waals surface area contributed by atoms with Crippen LogP contribution in [0.15, 0.2) is 11.8 Å². The van der Waals surface area contributed by atoms with Crippen LogP contribution in [0.5, 0.6) is 0 Å². The number of esters is 2. The van der Waals surface area contributed by atoms with Crippen molar-refractivity contribution in [3.05, 3.63) is 11.8 Å². The van der Waals surface area contributed by atoms with E-state index in [1.54, 1.807) is 0 Å². The maximum atomic E-state index is 11.3. The van der Waals surface area contributed by atoms with Crippen LogP contribution in [0.3, 0.4) is 0 Å². The van der Waals surface area contributed by atoms with Crippen LogP contribution in [0.2, 0.25) is 0 Å². The molecule has 1 saturated carbocycles. The summed E-state index contributed by atoms with van der Waals surface area (Å²) in [7, 11) is 2.54. The van der Waals surface area contributed by atoms with E-state index in [0.29, 0.717) is 6.42 Å². The van der Waals surface area contributed by atoms with Gasteiger partial charge in [0.2, 0.25) is 5.91 Å². The molecule has 0 heterocycles. The highest BCUT2D eigenvalue weighted by atomic mass is 16.5. The lowest BCUT2D eigenvalue weighted by Gasteiger charge is -2.05. The highest BCUT2D eigenvalue weighted by Gasteiger charge is 2.43. The van der Waals surface area contributed by atoms with Crippen LogP contribution in [-0.2, 0) is 23.9 Å². The number of allylic oxidation sites excluding steroid dienone is 1. The van der Waals surface area contributed by atoms with Crippen molar-refractivity contribution in [2.45, 2.75) is 13.3 Å². The Morgan fingerprint density at radius 2 is 1.88 bits per heavy atom. The lowest BCUT2D eigenvalue weighted by atomic mass is 10.2. The van der Waals surface area contributed by atoms with Crippen LogP contribution in [0, 0.1) is 11.8 Å². The van der Waals surface area contributed by atoms with Crippen LogP contribution in [0.1, 0.15) is 13.3 Å². The predicted octanol–water partition coefficient (Wildman–Crippen LogP) is -0.0115. The highest BCUT2D eigenvalue weighted by molar-refractivity contribution is 5.93. The molecule has 17 heavy (non-hydrogen) atoms. The van der Waals surface area contributed by atoms with Gasteiger partial charge >= 0.3 is 11.9 Å². The normalized spacial score (nSPS) is 22.6. The van der Waals surface area contributed by atoms with Gasteiger partial charge in [0.15, 0.2) is 0 Å². The van der Waals surface area contributed by atoms with Crippen molar-refractivity contribution in [1.29, 1.82) is 0 Å². The van der Waals surface area contributed by atoms with Gasteiger partial charge in [-0.05, 0) is 18.4 Å². The van der Waals surface area contributed by atoms with Crippen LogP contribution in [0.4, 0.5) is 0 Å². The zero-order valence-corrected chi connectivity index (χ0v) is 9.98. The predicted molar refractivity (Wildman–Crippen MR) is 57.5 cm³/mol. The Kier molecular flexibility index (Phi) is 4.25. The third kappa shape index (κ3) is 3.58. The largest absolute Gasteiger partial charge is 0.469 e. The number of carbonyl (C=O) groups is 3. The Labute approximate surface area is 99.0 Å². The minimum absolute atomic E-state index is 0.0661. The Morgan fingerprint density at radius 3 is 2.35 bits per heavy atom. The van der Waals surface area contributed by atoms with E-state index in [9.17, 15) is 14.4 Å². The first-order valence-electron chi connectivity index (χ1n) is 5.15. The summed E-state index contributed by atoms with van der Waals surface area (Å²) >= 11 is 0. The summed E-state index contributed by atoms with van der Waals surface area (Å²) in [6, 6.07) is 0. The summed E-state index contributed by atoms with van der Waals surface area (Å²) in [6.07, 6.45) is 2.15. The van der Waals surface area contributed by atoms with Gasteiger partial charge in [0, 0.05) is 6.92 Å². The molecule has 1 N–H and O–H groups in total. The van der Waals surface area contributed by atoms with Crippen molar-refractivity contribution in [2.24, 2.45) is 11.8 Å². The number of methoxy groups -OCH3 is 2.